The van der Waals surface area contributed by atoms with Gasteiger partial charge in [0.25, 0.3) is 0 Å². The van der Waals surface area contributed by atoms with Crippen LogP contribution < -0.4 is 12.4 Å². The first kappa shape index (κ1) is 23.4. The predicted molar refractivity (Wildman–Crippen MR) is 85.3 cm³/mol. The molecule has 2 unspecified atom stereocenters. The molecule has 0 radical (unpaired) electrons. The maximum absolute atomic E-state index is 4.27. The molecule has 20 heavy (non-hydrogen) atoms. The van der Waals surface area contributed by atoms with Crippen molar-refractivity contribution in [3.8, 4) is 0 Å². The average molecular weight is 430 g/mol. The molecule has 0 fully saturated rings. The van der Waals surface area contributed by atoms with Crippen LogP contribution in [0.15, 0.2) is 24.3 Å². The van der Waals surface area contributed by atoms with E-state index < -0.39 is 36.7 Å². The van der Waals surface area contributed by atoms with E-state index in [0.717, 1.165) is 3.14 Å². The Morgan fingerprint density at radius 2 is 1.05 bits per heavy atom. The van der Waals surface area contributed by atoms with E-state index in [9.17, 15) is 0 Å². The molecule has 117 valence electrons. The van der Waals surface area contributed by atoms with Crippen LogP contribution in [0.4, 0.5) is 0 Å². The maximum Gasteiger partial charge on any atom is -1.00 e. The van der Waals surface area contributed by atoms with Gasteiger partial charge >= 0.3 is 143 Å². The van der Waals surface area contributed by atoms with Crippen LogP contribution >= 0.6 is 0 Å². The fourth-order valence-corrected chi connectivity index (χ4v) is 10.3. The minimum absolute atomic E-state index is 0. The van der Waals surface area contributed by atoms with Gasteiger partial charge in [-0.1, -0.05) is 0 Å². The van der Waals surface area contributed by atoms with Gasteiger partial charge in [0.05, 0.1) is 0 Å². The van der Waals surface area contributed by atoms with Crippen molar-refractivity contribution < 1.29 is 49.1 Å². The van der Waals surface area contributed by atoms with E-state index in [1.54, 1.807) is 0 Å². The predicted octanol–water partition coefficient (Wildman–Crippen LogP) is 3.68. The number of rotatable bonds is 6. The molecule has 0 aromatic heterocycles. The van der Waals surface area contributed by atoms with E-state index in [-0.39, 0.29) is 12.4 Å². The largest absolute Gasteiger partial charge is 1.00 e. The smallest absolute Gasteiger partial charge is 1.00 e. The van der Waals surface area contributed by atoms with E-state index in [2.05, 4.69) is 68.5 Å². The number of halogens is 1. The van der Waals surface area contributed by atoms with Crippen LogP contribution in [0, 0.1) is 47.5 Å². The monoisotopic (exact) mass is 427 g/mol. The summed E-state index contributed by atoms with van der Waals surface area (Å²) in [6.07, 6.45) is 2.61. The van der Waals surface area contributed by atoms with Gasteiger partial charge in [0.1, 0.15) is 0 Å². The molecular weight excluding hydrogens is 396 g/mol. The molecule has 2 heteroatoms. The Balaban J connectivity index is 0. The van der Waals surface area contributed by atoms with Crippen molar-refractivity contribution >= 4 is 0 Å². The van der Waals surface area contributed by atoms with Gasteiger partial charge in [-0.15, -0.1) is 0 Å². The molecule has 0 saturated heterocycles. The molecule has 2 atom stereocenters. The van der Waals surface area contributed by atoms with Crippen LogP contribution in [-0.2, 0) is 0 Å². The summed E-state index contributed by atoms with van der Waals surface area (Å²) in [7, 11) is 0. The number of hydrogen-bond acceptors (Lipinski definition) is 0. The van der Waals surface area contributed by atoms with E-state index in [1.807, 2.05) is 0 Å². The molecule has 0 aromatic rings. The van der Waals surface area contributed by atoms with Gasteiger partial charge in [0.15, 0.2) is 0 Å². The van der Waals surface area contributed by atoms with E-state index in [4.69, 9.17) is 0 Å². The zero-order valence-corrected chi connectivity index (χ0v) is 18.8. The van der Waals surface area contributed by atoms with Crippen molar-refractivity contribution in [1.29, 1.82) is 0 Å². The van der Waals surface area contributed by atoms with E-state index in [1.165, 1.54) is 24.0 Å². The van der Waals surface area contributed by atoms with Gasteiger partial charge in [-0.2, -0.15) is 0 Å². The summed E-state index contributed by atoms with van der Waals surface area (Å²) < 4.78 is 1.62. The van der Waals surface area contributed by atoms with Crippen LogP contribution in [0.25, 0.3) is 0 Å². The Morgan fingerprint density at radius 1 is 0.800 bits per heavy atom. The molecule has 0 aliphatic rings. The quantitative estimate of drug-likeness (QED) is 0.565. The van der Waals surface area contributed by atoms with Gasteiger partial charge in [-0.3, -0.25) is 0 Å². The van der Waals surface area contributed by atoms with Crippen molar-refractivity contribution in [2.45, 2.75) is 71.4 Å². The maximum atomic E-state index is 4.27. The molecule has 0 aliphatic carbocycles. The summed E-state index contributed by atoms with van der Waals surface area (Å²) in [6, 6.07) is 0. The van der Waals surface area contributed by atoms with Crippen molar-refractivity contribution in [2.24, 2.45) is 10.8 Å². The molecule has 0 amide bonds. The topological polar surface area (TPSA) is 0 Å². The van der Waals surface area contributed by atoms with Crippen LogP contribution in [0.3, 0.4) is 0 Å². The summed E-state index contributed by atoms with van der Waals surface area (Å²) in [4.78, 5) is 0. The van der Waals surface area contributed by atoms with Crippen molar-refractivity contribution in [1.82, 2.24) is 0 Å². The summed E-state index contributed by atoms with van der Waals surface area (Å²) in [5.74, 6) is 0. The van der Waals surface area contributed by atoms with Crippen LogP contribution in [0.2, 0.25) is 3.14 Å². The second-order valence-corrected chi connectivity index (χ2v) is 14.0. The van der Waals surface area contributed by atoms with E-state index in [0.29, 0.717) is 10.8 Å². The normalized spacial score (nSPS) is 14.8. The summed E-state index contributed by atoms with van der Waals surface area (Å²) in [6.45, 7) is 27.1. The Hall–Kier alpha value is 1.12. The molecule has 0 saturated carbocycles. The Labute approximate surface area is 154 Å². The number of hydrogen-bond donors (Lipinski definition) is 0. The Kier molecular flexibility index (Phi) is 10.9. The average Bonchev–Trinajstić information content (AvgIpc) is 2.10. The molecule has 0 bridgehead atoms. The standard InChI is InChI=1S/2C9H17.ClH.Nd/c2*1-8(2)6-7-9(3,4)5;;/h2*6H,1,7H2,2-5H3;1H;/q;;;+1/p-1. The van der Waals surface area contributed by atoms with Crippen molar-refractivity contribution in [3.63, 3.8) is 0 Å². The Morgan fingerprint density at radius 3 is 1.20 bits per heavy atom. The van der Waals surface area contributed by atoms with Crippen molar-refractivity contribution in [3.05, 3.63) is 24.3 Å². The SMILES string of the molecule is C=C(C)[CH](CC(C)(C)C)[Nd+][CH](CC(C)(C)C)C(=C)C.[Cl-]. The third-order valence-corrected chi connectivity index (χ3v) is 10.3. The molecule has 0 N–H and O–H groups in total. The molecule has 0 aromatic carbocycles. The van der Waals surface area contributed by atoms with Gasteiger partial charge in [0, 0.05) is 0 Å². The molecule has 0 heterocycles. The van der Waals surface area contributed by atoms with Crippen LogP contribution in [0.1, 0.15) is 68.2 Å². The summed E-state index contributed by atoms with van der Waals surface area (Å²) >= 11 is -0.783. The van der Waals surface area contributed by atoms with Crippen LogP contribution in [-0.4, -0.2) is 0 Å². The molecular formula is C18H34ClNd. The van der Waals surface area contributed by atoms with Gasteiger partial charge in [0.2, 0.25) is 0 Å². The minimum atomic E-state index is -0.783. The third kappa shape index (κ3) is 11.7. The number of allylic oxidation sites excluding steroid dienone is 2. The van der Waals surface area contributed by atoms with Crippen LogP contribution in [0.5, 0.6) is 0 Å². The molecule has 0 spiro atoms. The molecule has 0 nitrogen and oxygen atoms in total. The fourth-order valence-electron chi connectivity index (χ4n) is 2.22. The first-order chi connectivity index (χ1) is 8.32. The Bertz CT molecular complexity index is 285. The summed E-state index contributed by atoms with van der Waals surface area (Å²) in [5, 5.41) is 0. The van der Waals surface area contributed by atoms with Gasteiger partial charge < -0.3 is 12.4 Å². The summed E-state index contributed by atoms with van der Waals surface area (Å²) in [5.41, 5.74) is 3.66. The third-order valence-electron chi connectivity index (χ3n) is 3.23. The van der Waals surface area contributed by atoms with Gasteiger partial charge in [-0.25, -0.2) is 0 Å². The zero-order chi connectivity index (χ0) is 15.4. The van der Waals surface area contributed by atoms with Crippen molar-refractivity contribution in [2.75, 3.05) is 0 Å². The molecule has 0 rings (SSSR count). The fraction of sp³-hybridized carbons (Fsp3) is 0.778. The van der Waals surface area contributed by atoms with E-state index >= 15 is 0 Å². The molecule has 0 aliphatic heterocycles. The van der Waals surface area contributed by atoms with Gasteiger partial charge in [-0.05, 0) is 0 Å². The second kappa shape index (κ2) is 9.30. The minimum Gasteiger partial charge on any atom is -1.00 e. The first-order valence-corrected chi connectivity index (χ1v) is 11.1. The second-order valence-electron chi connectivity index (χ2n) is 8.49. The zero-order valence-electron chi connectivity index (χ0n) is 14.9. The first-order valence-electron chi connectivity index (χ1n) is 7.39.